The van der Waals surface area contributed by atoms with Gasteiger partial charge in [-0.25, -0.2) is 4.79 Å². The van der Waals surface area contributed by atoms with E-state index in [1.54, 1.807) is 12.5 Å². The summed E-state index contributed by atoms with van der Waals surface area (Å²) in [5.41, 5.74) is 0.366. The van der Waals surface area contributed by atoms with Crippen molar-refractivity contribution < 1.29 is 18.7 Å². The molecule has 0 amide bonds. The third kappa shape index (κ3) is 1.20. The molecule has 4 nitrogen and oxygen atoms in total. The van der Waals surface area contributed by atoms with Crippen LogP contribution in [0.1, 0.15) is 51.7 Å². The number of hydrogen-bond donors (Lipinski definition) is 0. The molecule has 1 aliphatic carbocycles. The van der Waals surface area contributed by atoms with Gasteiger partial charge in [0.1, 0.15) is 11.7 Å². The van der Waals surface area contributed by atoms with E-state index in [4.69, 9.17) is 13.9 Å². The molecule has 0 bridgehead atoms. The van der Waals surface area contributed by atoms with Crippen molar-refractivity contribution in [2.75, 3.05) is 0 Å². The maximum atomic E-state index is 12.2. The highest BCUT2D eigenvalue weighted by molar-refractivity contribution is 5.82. The number of esters is 1. The second-order valence-corrected chi connectivity index (χ2v) is 7.26. The first-order valence-corrected chi connectivity index (χ1v) is 7.33. The van der Waals surface area contributed by atoms with Crippen LogP contribution < -0.4 is 0 Å². The van der Waals surface area contributed by atoms with Crippen molar-refractivity contribution in [2.45, 2.75) is 57.8 Å². The molecular formula is C16H20O4. The normalized spacial score (nSPS) is 45.2. The molecule has 3 aliphatic rings. The summed E-state index contributed by atoms with van der Waals surface area (Å²) in [6.07, 6.45) is 5.89. The van der Waals surface area contributed by atoms with Gasteiger partial charge in [-0.1, -0.05) is 27.2 Å². The molecule has 2 saturated heterocycles. The number of cyclic esters (lactones) is 1. The van der Waals surface area contributed by atoms with Crippen molar-refractivity contribution in [3.05, 3.63) is 24.2 Å². The molecule has 3 heterocycles. The lowest BCUT2D eigenvalue weighted by molar-refractivity contribution is -0.179. The van der Waals surface area contributed by atoms with Gasteiger partial charge in [-0.15, -0.1) is 0 Å². The Kier molecular flexibility index (Phi) is 2.16. The highest BCUT2D eigenvalue weighted by Gasteiger charge is 2.82. The van der Waals surface area contributed by atoms with Crippen molar-refractivity contribution >= 4 is 5.97 Å². The van der Waals surface area contributed by atoms with E-state index < -0.39 is 0 Å². The number of carbonyl (C=O) groups is 1. The van der Waals surface area contributed by atoms with Crippen LogP contribution in [0.3, 0.4) is 0 Å². The maximum Gasteiger partial charge on any atom is 0.339 e. The monoisotopic (exact) mass is 276 g/mol. The minimum Gasteiger partial charge on any atom is -0.472 e. The van der Waals surface area contributed by atoms with Crippen LogP contribution in [0.5, 0.6) is 0 Å². The number of hydrogen-bond acceptors (Lipinski definition) is 4. The zero-order valence-corrected chi connectivity index (χ0v) is 12.1. The molecule has 3 fully saturated rings. The van der Waals surface area contributed by atoms with Gasteiger partial charge in [0, 0.05) is 11.0 Å². The molecule has 1 saturated carbocycles. The molecule has 108 valence electrons. The van der Waals surface area contributed by atoms with Gasteiger partial charge >= 0.3 is 5.97 Å². The first-order valence-electron chi connectivity index (χ1n) is 7.33. The lowest BCUT2D eigenvalue weighted by Crippen LogP contribution is -2.59. The van der Waals surface area contributed by atoms with Gasteiger partial charge < -0.3 is 13.9 Å². The fourth-order valence-electron chi connectivity index (χ4n) is 4.85. The summed E-state index contributed by atoms with van der Waals surface area (Å²) >= 11 is 0. The highest BCUT2D eigenvalue weighted by Crippen LogP contribution is 2.72. The lowest BCUT2D eigenvalue weighted by atomic mass is 9.51. The third-order valence-corrected chi connectivity index (χ3v) is 5.84. The molecule has 0 radical (unpaired) electrons. The number of carbonyl (C=O) groups excluding carboxylic acids is 1. The van der Waals surface area contributed by atoms with Crippen molar-refractivity contribution in [1.29, 1.82) is 0 Å². The van der Waals surface area contributed by atoms with Crippen LogP contribution in [0.25, 0.3) is 0 Å². The molecule has 20 heavy (non-hydrogen) atoms. The van der Waals surface area contributed by atoms with Crippen LogP contribution in [0.15, 0.2) is 23.0 Å². The molecule has 4 rings (SSSR count). The van der Waals surface area contributed by atoms with Crippen LogP contribution in [0.2, 0.25) is 0 Å². The first kappa shape index (κ1) is 12.5. The van der Waals surface area contributed by atoms with Gasteiger partial charge in [-0.2, -0.15) is 0 Å². The zero-order chi connectivity index (χ0) is 14.2. The van der Waals surface area contributed by atoms with E-state index in [2.05, 4.69) is 20.8 Å². The van der Waals surface area contributed by atoms with Gasteiger partial charge in [0.05, 0.1) is 12.5 Å². The Labute approximate surface area is 118 Å². The second-order valence-electron chi connectivity index (χ2n) is 7.26. The molecule has 1 aromatic rings. The Morgan fingerprint density at radius 2 is 2.00 bits per heavy atom. The lowest BCUT2D eigenvalue weighted by Gasteiger charge is -2.53. The van der Waals surface area contributed by atoms with Crippen LogP contribution in [0, 0.1) is 10.8 Å². The Hall–Kier alpha value is -1.29. The summed E-state index contributed by atoms with van der Waals surface area (Å²) in [7, 11) is 0. The summed E-state index contributed by atoms with van der Waals surface area (Å²) in [5, 5.41) is 0. The van der Waals surface area contributed by atoms with Crippen LogP contribution in [-0.2, 0) is 14.3 Å². The number of ether oxygens (including phenoxy) is 2. The SMILES string of the molecule is CC1(C)CCC[C@@]2(C)C(c3ccoc3)OC(=O)[C@H]3O[C@@]312. The smallest absolute Gasteiger partial charge is 0.339 e. The van der Waals surface area contributed by atoms with E-state index in [0.717, 1.165) is 24.8 Å². The second kappa shape index (κ2) is 3.48. The largest absolute Gasteiger partial charge is 0.472 e. The molecule has 1 unspecified atom stereocenters. The van der Waals surface area contributed by atoms with Crippen molar-refractivity contribution in [3.63, 3.8) is 0 Å². The molecule has 0 aromatic carbocycles. The van der Waals surface area contributed by atoms with Crippen molar-refractivity contribution in [2.24, 2.45) is 10.8 Å². The molecule has 1 spiro atoms. The van der Waals surface area contributed by atoms with Gasteiger partial charge in [0.2, 0.25) is 0 Å². The van der Waals surface area contributed by atoms with E-state index in [1.165, 1.54) is 0 Å². The number of epoxide rings is 1. The summed E-state index contributed by atoms with van der Waals surface area (Å²) < 4.78 is 16.9. The molecule has 1 aromatic heterocycles. The molecule has 2 aliphatic heterocycles. The van der Waals surface area contributed by atoms with Crippen LogP contribution in [-0.4, -0.2) is 17.7 Å². The third-order valence-electron chi connectivity index (χ3n) is 5.84. The van der Waals surface area contributed by atoms with Crippen molar-refractivity contribution in [3.8, 4) is 0 Å². The molecule has 4 atom stereocenters. The van der Waals surface area contributed by atoms with Crippen LogP contribution in [0.4, 0.5) is 0 Å². The number of rotatable bonds is 1. The van der Waals surface area contributed by atoms with E-state index in [0.29, 0.717) is 0 Å². The summed E-state index contributed by atoms with van der Waals surface area (Å²) in [4.78, 5) is 12.2. The van der Waals surface area contributed by atoms with Crippen LogP contribution >= 0.6 is 0 Å². The predicted molar refractivity (Wildman–Crippen MR) is 70.9 cm³/mol. The standard InChI is InChI=1S/C16H20O4/c1-14(2)6-4-7-15(3)11(10-5-8-18-9-10)19-13(17)12-16(14,15)20-12/h5,8-9,11-12H,4,6-7H2,1-3H3/t11?,12-,15+,16+/m1/s1. The topological polar surface area (TPSA) is 52.0 Å². The molecular weight excluding hydrogens is 256 g/mol. The quantitative estimate of drug-likeness (QED) is 0.583. The van der Waals surface area contributed by atoms with Gasteiger partial charge in [0.15, 0.2) is 6.10 Å². The van der Waals surface area contributed by atoms with Gasteiger partial charge in [-0.05, 0) is 24.3 Å². The Bertz CT molecular complexity index is 561. The predicted octanol–water partition coefficient (Wildman–Crippen LogP) is 3.23. The van der Waals surface area contributed by atoms with Crippen molar-refractivity contribution in [1.82, 2.24) is 0 Å². The average Bonchev–Trinajstić information content (AvgIpc) is 2.96. The molecule has 0 N–H and O–H groups in total. The fourth-order valence-corrected chi connectivity index (χ4v) is 4.85. The van der Waals surface area contributed by atoms with Gasteiger partial charge in [-0.3, -0.25) is 0 Å². The Morgan fingerprint density at radius 1 is 1.20 bits per heavy atom. The summed E-state index contributed by atoms with van der Waals surface area (Å²) in [6.45, 7) is 6.64. The van der Waals surface area contributed by atoms with E-state index in [9.17, 15) is 4.79 Å². The van der Waals surface area contributed by atoms with E-state index in [1.807, 2.05) is 6.07 Å². The zero-order valence-electron chi connectivity index (χ0n) is 12.1. The van der Waals surface area contributed by atoms with E-state index >= 15 is 0 Å². The Morgan fingerprint density at radius 3 is 2.70 bits per heavy atom. The molecule has 4 heteroatoms. The highest BCUT2D eigenvalue weighted by atomic mass is 16.7. The summed E-state index contributed by atoms with van der Waals surface area (Å²) in [6, 6.07) is 1.89. The first-order chi connectivity index (χ1) is 9.42. The fraction of sp³-hybridized carbons (Fsp3) is 0.688. The van der Waals surface area contributed by atoms with E-state index in [-0.39, 0.29) is 34.6 Å². The summed E-state index contributed by atoms with van der Waals surface area (Å²) in [5.74, 6) is -0.219. The maximum absolute atomic E-state index is 12.2. The Balaban J connectivity index is 1.86. The average molecular weight is 276 g/mol. The van der Waals surface area contributed by atoms with Gasteiger partial charge in [0.25, 0.3) is 0 Å². The number of furan rings is 1. The minimum atomic E-state index is -0.383. The minimum absolute atomic E-state index is 0.00784.